The molecule has 0 aliphatic rings. The molecule has 0 aliphatic heterocycles. The summed E-state index contributed by atoms with van der Waals surface area (Å²) in [6.07, 6.45) is 1.67. The zero-order chi connectivity index (χ0) is 46.6. The number of aliphatic hydroxyl groups excluding tert-OH is 1. The maximum atomic E-state index is 14.5. The number of aliphatic imine (C=N–C) groups is 1. The van der Waals surface area contributed by atoms with Crippen molar-refractivity contribution in [2.24, 2.45) is 27.9 Å². The lowest BCUT2D eigenvalue weighted by Crippen LogP contribution is -2.61. The SMILES string of the molecule is C[C@@H](O)[C@H](NC(=O)[C@H](CCCCN)NC(=O)[C@@H](Cc1c[nH]c2ccccc12)NC(=O)[C@H](Cc1ccccc1)NC(=O)[C@@H](N)CCCN=C(N)N)C(=O)N[C@@H](Cc1ccccc1)C(=O)O. The summed E-state index contributed by atoms with van der Waals surface area (Å²) in [5.41, 5.74) is 25.6. The minimum atomic E-state index is -1.61. The number of nitrogens with two attached hydrogens (primary N) is 4. The fraction of sp³-hybridized carbons (Fsp3) is 0.400. The number of amides is 5. The zero-order valence-corrected chi connectivity index (χ0v) is 35.9. The van der Waals surface area contributed by atoms with Crippen LogP contribution in [0.3, 0.4) is 0 Å². The fourth-order valence-electron chi connectivity index (χ4n) is 6.99. The highest BCUT2D eigenvalue weighted by Crippen LogP contribution is 2.20. The van der Waals surface area contributed by atoms with Crippen molar-refractivity contribution in [1.82, 2.24) is 31.6 Å². The molecular weight excluding hydrogens is 823 g/mol. The van der Waals surface area contributed by atoms with Gasteiger partial charge in [-0.2, -0.15) is 0 Å². The third-order valence-corrected chi connectivity index (χ3v) is 10.5. The third kappa shape index (κ3) is 15.8. The van der Waals surface area contributed by atoms with Gasteiger partial charge in [0.1, 0.15) is 30.2 Å². The summed E-state index contributed by atoms with van der Waals surface area (Å²) in [7, 11) is 0. The van der Waals surface area contributed by atoms with Gasteiger partial charge in [0, 0.05) is 42.9 Å². The van der Waals surface area contributed by atoms with Crippen LogP contribution in [0.5, 0.6) is 0 Å². The van der Waals surface area contributed by atoms with Gasteiger partial charge in [0.05, 0.1) is 12.1 Å². The fourth-order valence-corrected chi connectivity index (χ4v) is 6.99. The summed E-state index contributed by atoms with van der Waals surface area (Å²) in [5, 5.41) is 34.5. The van der Waals surface area contributed by atoms with Gasteiger partial charge < -0.3 is 64.7 Å². The van der Waals surface area contributed by atoms with E-state index in [0.29, 0.717) is 36.0 Å². The van der Waals surface area contributed by atoms with Crippen molar-refractivity contribution in [3.05, 3.63) is 108 Å². The highest BCUT2D eigenvalue weighted by atomic mass is 16.4. The van der Waals surface area contributed by atoms with Crippen LogP contribution in [0.4, 0.5) is 0 Å². The number of carboxylic acid groups (broad SMARTS) is 1. The van der Waals surface area contributed by atoms with Gasteiger partial charge in [0.15, 0.2) is 5.96 Å². The van der Waals surface area contributed by atoms with Crippen molar-refractivity contribution >= 4 is 52.4 Å². The molecule has 0 bridgehead atoms. The number of benzene rings is 3. The molecule has 0 unspecified atom stereocenters. The van der Waals surface area contributed by atoms with Crippen LogP contribution < -0.4 is 49.5 Å². The number of carboxylic acids is 1. The predicted molar refractivity (Wildman–Crippen MR) is 242 cm³/mol. The maximum absolute atomic E-state index is 14.5. The molecule has 0 radical (unpaired) electrons. The van der Waals surface area contributed by atoms with Gasteiger partial charge in [-0.15, -0.1) is 0 Å². The van der Waals surface area contributed by atoms with Crippen LogP contribution in [-0.2, 0) is 48.0 Å². The normalized spacial score (nSPS) is 14.4. The first-order valence-electron chi connectivity index (χ1n) is 21.2. The number of aromatic amines is 1. The predicted octanol–water partition coefficient (Wildman–Crippen LogP) is -0.405. The number of H-pyrrole nitrogens is 1. The Balaban J connectivity index is 1.60. The van der Waals surface area contributed by atoms with Crippen LogP contribution >= 0.6 is 0 Å². The van der Waals surface area contributed by atoms with Crippen molar-refractivity contribution in [2.75, 3.05) is 13.1 Å². The zero-order valence-electron chi connectivity index (χ0n) is 35.9. The average molecular weight is 884 g/mol. The molecule has 16 N–H and O–H groups in total. The number of para-hydroxylation sites is 1. The van der Waals surface area contributed by atoms with Crippen molar-refractivity contribution in [3.8, 4) is 0 Å². The Morgan fingerprint density at radius 2 is 1.17 bits per heavy atom. The Morgan fingerprint density at radius 1 is 0.641 bits per heavy atom. The number of aromatic nitrogens is 1. The third-order valence-electron chi connectivity index (χ3n) is 10.5. The van der Waals surface area contributed by atoms with Gasteiger partial charge >= 0.3 is 5.97 Å². The Kier molecular flexibility index (Phi) is 19.7. The summed E-state index contributed by atoms with van der Waals surface area (Å²) in [4.78, 5) is 88.9. The monoisotopic (exact) mass is 883 g/mol. The molecule has 0 saturated carbocycles. The number of unbranched alkanes of at least 4 members (excludes halogenated alkanes) is 1. The topological polar surface area (TPSA) is 335 Å². The van der Waals surface area contributed by atoms with Gasteiger partial charge in [-0.1, -0.05) is 78.9 Å². The van der Waals surface area contributed by atoms with Crippen LogP contribution in [0, 0.1) is 0 Å². The highest BCUT2D eigenvalue weighted by Gasteiger charge is 2.35. The second-order valence-electron chi connectivity index (χ2n) is 15.6. The highest BCUT2D eigenvalue weighted by molar-refractivity contribution is 5.97. The standard InChI is InChI=1S/C45H61N11O8/c1-27(57)38(43(62)55-37(44(63)64)24-29-15-6-3-7-16-29)56-40(59)34(20-10-11-21-46)52-42(61)36(25-30-26-51-33-19-9-8-17-31(30)33)54-41(60)35(23-28-13-4-2-5-14-28)53-39(58)32(47)18-12-22-50-45(48)49/h2-9,13-17,19,26-27,32,34-38,51,57H,10-12,18,20-25,46-47H2,1H3,(H,52,61)(H,53,58)(H,54,60)(H,55,62)(H,56,59)(H,63,64)(H4,48,49,50)/t27-,32+,34+,35+,36-,37+,38+/m1/s1. The number of aliphatic carboxylic acids is 1. The first kappa shape index (κ1) is 49.8. The van der Waals surface area contributed by atoms with Gasteiger partial charge in [0.25, 0.3) is 0 Å². The molecule has 0 aliphatic carbocycles. The molecule has 64 heavy (non-hydrogen) atoms. The Bertz CT molecular complexity index is 2180. The molecule has 3 aromatic carbocycles. The number of carbonyl (C=O) groups excluding carboxylic acids is 5. The Labute approximate surface area is 371 Å². The molecule has 7 atom stereocenters. The second kappa shape index (κ2) is 25.3. The van der Waals surface area contributed by atoms with Gasteiger partial charge in [-0.05, 0) is 68.3 Å². The van der Waals surface area contributed by atoms with E-state index in [2.05, 4.69) is 36.6 Å². The Morgan fingerprint density at radius 3 is 1.77 bits per heavy atom. The largest absolute Gasteiger partial charge is 0.480 e. The summed E-state index contributed by atoms with van der Waals surface area (Å²) < 4.78 is 0. The maximum Gasteiger partial charge on any atom is 0.326 e. The van der Waals surface area contributed by atoms with E-state index < -0.39 is 77.9 Å². The average Bonchev–Trinajstić information content (AvgIpc) is 3.68. The van der Waals surface area contributed by atoms with E-state index in [1.54, 1.807) is 66.9 Å². The van der Waals surface area contributed by atoms with E-state index >= 15 is 0 Å². The number of hydrogen-bond donors (Lipinski definition) is 12. The van der Waals surface area contributed by atoms with E-state index in [1.165, 1.54) is 6.92 Å². The molecule has 0 spiro atoms. The van der Waals surface area contributed by atoms with Crippen LogP contribution in [-0.4, -0.2) is 112 Å². The number of hydrogen-bond acceptors (Lipinski definition) is 10. The lowest BCUT2D eigenvalue weighted by molar-refractivity contribution is -0.143. The van der Waals surface area contributed by atoms with Gasteiger partial charge in [-0.25, -0.2) is 4.79 Å². The molecule has 344 valence electrons. The molecular formula is C45H61N11O8. The summed E-state index contributed by atoms with van der Waals surface area (Å²) >= 11 is 0. The lowest BCUT2D eigenvalue weighted by Gasteiger charge is -2.28. The lowest BCUT2D eigenvalue weighted by atomic mass is 10.0. The number of nitrogens with one attached hydrogen (secondary N) is 6. The summed E-state index contributed by atoms with van der Waals surface area (Å²) in [6, 6.07) is 17.1. The number of rotatable bonds is 26. The minimum Gasteiger partial charge on any atom is -0.480 e. The van der Waals surface area contributed by atoms with Crippen molar-refractivity contribution in [2.45, 2.75) is 101 Å². The number of carbonyl (C=O) groups is 6. The van der Waals surface area contributed by atoms with Crippen LogP contribution in [0.25, 0.3) is 10.9 Å². The molecule has 4 aromatic rings. The molecule has 19 nitrogen and oxygen atoms in total. The number of fused-ring (bicyclic) bond motifs is 1. The van der Waals surface area contributed by atoms with Crippen LogP contribution in [0.1, 0.15) is 55.7 Å². The molecule has 19 heteroatoms. The Hall–Kier alpha value is -6.83. The first-order valence-corrected chi connectivity index (χ1v) is 21.2. The van der Waals surface area contributed by atoms with Crippen LogP contribution in [0.2, 0.25) is 0 Å². The smallest absolute Gasteiger partial charge is 0.326 e. The number of guanidine groups is 1. The molecule has 1 heterocycles. The summed E-state index contributed by atoms with van der Waals surface area (Å²) in [5.74, 6) is -5.30. The molecule has 0 fully saturated rings. The first-order chi connectivity index (χ1) is 30.7. The molecule has 1 aromatic heterocycles. The quantitative estimate of drug-likeness (QED) is 0.0218. The second-order valence-corrected chi connectivity index (χ2v) is 15.6. The van der Waals surface area contributed by atoms with E-state index in [1.807, 2.05) is 24.3 Å². The number of aliphatic hydroxyl groups is 1. The number of nitrogens with zero attached hydrogens (tertiary/aromatic N) is 1. The summed E-state index contributed by atoms with van der Waals surface area (Å²) in [6.45, 7) is 1.79. The van der Waals surface area contributed by atoms with E-state index in [-0.39, 0.29) is 51.2 Å². The van der Waals surface area contributed by atoms with E-state index in [0.717, 1.165) is 10.9 Å². The minimum absolute atomic E-state index is 0.0432. The van der Waals surface area contributed by atoms with E-state index in [4.69, 9.17) is 22.9 Å². The van der Waals surface area contributed by atoms with Gasteiger partial charge in [0.2, 0.25) is 29.5 Å². The van der Waals surface area contributed by atoms with Gasteiger partial charge in [-0.3, -0.25) is 29.0 Å². The van der Waals surface area contributed by atoms with Crippen molar-refractivity contribution < 1.29 is 39.0 Å². The van der Waals surface area contributed by atoms with E-state index in [9.17, 15) is 39.0 Å². The van der Waals surface area contributed by atoms with Crippen molar-refractivity contribution in [3.63, 3.8) is 0 Å². The van der Waals surface area contributed by atoms with Crippen LogP contribution in [0.15, 0.2) is 96.1 Å². The van der Waals surface area contributed by atoms with Crippen molar-refractivity contribution in [1.29, 1.82) is 0 Å². The molecule has 4 rings (SSSR count). The molecule has 5 amide bonds. The molecule has 0 saturated heterocycles.